The van der Waals surface area contributed by atoms with Gasteiger partial charge in [-0.15, -0.1) is 10.2 Å². The van der Waals surface area contributed by atoms with E-state index in [0.29, 0.717) is 28.9 Å². The Morgan fingerprint density at radius 1 is 1.22 bits per heavy atom. The van der Waals surface area contributed by atoms with Gasteiger partial charge in [-0.05, 0) is 62.7 Å². The van der Waals surface area contributed by atoms with Crippen molar-refractivity contribution < 1.29 is 14.3 Å². The summed E-state index contributed by atoms with van der Waals surface area (Å²) in [6, 6.07) is 14.7. The molecule has 1 aromatic heterocycles. The first-order valence-electron chi connectivity index (χ1n) is 10.2. The molecule has 4 rings (SSSR count). The normalized spacial score (nSPS) is 16.3. The Bertz CT molecular complexity index is 1150. The van der Waals surface area contributed by atoms with Crippen LogP contribution in [0.3, 0.4) is 0 Å². The number of benzene rings is 2. The molecule has 1 fully saturated rings. The molecule has 0 radical (unpaired) electrons. The summed E-state index contributed by atoms with van der Waals surface area (Å²) in [7, 11) is 0. The maximum absolute atomic E-state index is 12.8. The lowest BCUT2D eigenvalue weighted by molar-refractivity contribution is -0.128. The highest BCUT2D eigenvalue weighted by molar-refractivity contribution is 7.15. The Labute approximate surface area is 195 Å². The summed E-state index contributed by atoms with van der Waals surface area (Å²) in [5.74, 6) is 0.177. The van der Waals surface area contributed by atoms with Crippen LogP contribution in [0.1, 0.15) is 36.8 Å². The van der Waals surface area contributed by atoms with E-state index in [4.69, 9.17) is 16.3 Å². The standard InChI is InChI=1S/C23H23ClN4O3S/c1-14-5-4-6-17(11-14)28-13-15(12-19(28)29)20-26-27-22(32-20)25-21(30)23(2,3)31-18-9-7-16(24)8-10-18/h4-11,15H,12-13H2,1-3H3,(H,25,27,30). The van der Waals surface area contributed by atoms with Crippen LogP contribution in [-0.4, -0.2) is 34.2 Å². The Kier molecular flexibility index (Phi) is 6.17. The number of halogens is 1. The number of nitrogens with one attached hydrogen (secondary N) is 1. The van der Waals surface area contributed by atoms with E-state index in [0.717, 1.165) is 16.3 Å². The molecule has 9 heteroatoms. The van der Waals surface area contributed by atoms with Gasteiger partial charge in [0.1, 0.15) is 10.8 Å². The second-order valence-corrected chi connectivity index (χ2v) is 9.66. The maximum atomic E-state index is 12.8. The fourth-order valence-electron chi connectivity index (χ4n) is 3.46. The molecule has 0 aliphatic carbocycles. The molecule has 1 N–H and O–H groups in total. The van der Waals surface area contributed by atoms with Gasteiger partial charge in [-0.3, -0.25) is 14.9 Å². The highest BCUT2D eigenvalue weighted by atomic mass is 35.5. The third kappa shape index (κ3) is 4.92. The smallest absolute Gasteiger partial charge is 0.269 e. The maximum Gasteiger partial charge on any atom is 0.269 e. The summed E-state index contributed by atoms with van der Waals surface area (Å²) in [5, 5.41) is 12.8. The number of hydrogen-bond acceptors (Lipinski definition) is 6. The molecule has 1 aliphatic heterocycles. The van der Waals surface area contributed by atoms with Crippen LogP contribution in [-0.2, 0) is 9.59 Å². The van der Waals surface area contributed by atoms with Gasteiger partial charge in [-0.1, -0.05) is 35.1 Å². The third-order valence-electron chi connectivity index (χ3n) is 5.18. The highest BCUT2D eigenvalue weighted by Crippen LogP contribution is 2.34. The number of carbonyl (C=O) groups is 2. The molecule has 0 spiro atoms. The summed E-state index contributed by atoms with van der Waals surface area (Å²) in [5.41, 5.74) is 0.852. The van der Waals surface area contributed by atoms with Crippen molar-refractivity contribution in [2.24, 2.45) is 0 Å². The lowest BCUT2D eigenvalue weighted by Crippen LogP contribution is -2.42. The number of carbonyl (C=O) groups excluding carboxylic acids is 2. The molecule has 166 valence electrons. The number of aryl methyl sites for hydroxylation is 1. The fourth-order valence-corrected chi connectivity index (χ4v) is 4.42. The average molecular weight is 471 g/mol. The first-order valence-corrected chi connectivity index (χ1v) is 11.4. The fraction of sp³-hybridized carbons (Fsp3) is 0.304. The van der Waals surface area contributed by atoms with Crippen LogP contribution in [0, 0.1) is 6.92 Å². The van der Waals surface area contributed by atoms with Gasteiger partial charge in [-0.25, -0.2) is 0 Å². The van der Waals surface area contributed by atoms with Crippen LogP contribution in [0.25, 0.3) is 0 Å². The quantitative estimate of drug-likeness (QED) is 0.558. The zero-order valence-corrected chi connectivity index (χ0v) is 19.5. The number of rotatable bonds is 6. The first-order chi connectivity index (χ1) is 15.2. The number of anilines is 2. The Morgan fingerprint density at radius 3 is 2.69 bits per heavy atom. The molecule has 2 amide bonds. The van der Waals surface area contributed by atoms with Crippen molar-refractivity contribution in [2.75, 3.05) is 16.8 Å². The molecular weight excluding hydrogens is 448 g/mol. The van der Waals surface area contributed by atoms with Gasteiger partial charge in [0.15, 0.2) is 5.60 Å². The summed E-state index contributed by atoms with van der Waals surface area (Å²) in [6.07, 6.45) is 0.363. The summed E-state index contributed by atoms with van der Waals surface area (Å²) >= 11 is 7.18. The van der Waals surface area contributed by atoms with Crippen LogP contribution < -0.4 is 15.0 Å². The van der Waals surface area contributed by atoms with Crippen LogP contribution in [0.4, 0.5) is 10.8 Å². The minimum atomic E-state index is -1.13. The van der Waals surface area contributed by atoms with Crippen LogP contribution in [0.15, 0.2) is 48.5 Å². The number of aromatic nitrogens is 2. The van der Waals surface area contributed by atoms with Crippen LogP contribution in [0.2, 0.25) is 5.02 Å². The SMILES string of the molecule is Cc1cccc(N2CC(c3nnc(NC(=O)C(C)(C)Oc4ccc(Cl)cc4)s3)CC2=O)c1. The molecule has 3 aromatic rings. The highest BCUT2D eigenvalue weighted by Gasteiger charge is 2.35. The molecule has 1 saturated heterocycles. The molecule has 1 aliphatic rings. The van der Waals surface area contributed by atoms with Gasteiger partial charge in [0.2, 0.25) is 11.0 Å². The minimum Gasteiger partial charge on any atom is -0.478 e. The van der Waals surface area contributed by atoms with Crippen molar-refractivity contribution in [2.45, 2.75) is 38.7 Å². The zero-order chi connectivity index (χ0) is 22.9. The number of ether oxygens (including phenoxy) is 1. The lowest BCUT2D eigenvalue weighted by Gasteiger charge is -2.24. The van der Waals surface area contributed by atoms with Crippen molar-refractivity contribution >= 4 is 45.6 Å². The van der Waals surface area contributed by atoms with E-state index in [-0.39, 0.29) is 17.7 Å². The van der Waals surface area contributed by atoms with Gasteiger partial charge in [0.25, 0.3) is 5.91 Å². The largest absolute Gasteiger partial charge is 0.478 e. The second kappa shape index (κ2) is 8.88. The number of amides is 2. The topological polar surface area (TPSA) is 84.4 Å². The summed E-state index contributed by atoms with van der Waals surface area (Å²) in [6.45, 7) is 5.89. The molecule has 0 saturated carbocycles. The van der Waals surface area contributed by atoms with E-state index in [1.165, 1.54) is 11.3 Å². The first kappa shape index (κ1) is 22.2. The molecule has 1 unspecified atom stereocenters. The van der Waals surface area contributed by atoms with Gasteiger partial charge in [-0.2, -0.15) is 0 Å². The van der Waals surface area contributed by atoms with Crippen LogP contribution >= 0.6 is 22.9 Å². The van der Waals surface area contributed by atoms with Crippen LogP contribution in [0.5, 0.6) is 5.75 Å². The van der Waals surface area contributed by atoms with Gasteiger partial charge in [0, 0.05) is 29.6 Å². The van der Waals surface area contributed by atoms with E-state index in [2.05, 4.69) is 15.5 Å². The predicted octanol–water partition coefficient (Wildman–Crippen LogP) is 4.82. The van der Waals surface area contributed by atoms with Gasteiger partial charge < -0.3 is 9.64 Å². The van der Waals surface area contributed by atoms with Crippen molar-refractivity contribution in [1.82, 2.24) is 10.2 Å². The van der Waals surface area contributed by atoms with E-state index >= 15 is 0 Å². The van der Waals surface area contributed by atoms with Crippen molar-refractivity contribution in [1.29, 1.82) is 0 Å². The summed E-state index contributed by atoms with van der Waals surface area (Å²) < 4.78 is 5.82. The Balaban J connectivity index is 1.41. The Hall–Kier alpha value is -2.97. The Morgan fingerprint density at radius 2 is 1.97 bits per heavy atom. The molecular formula is C23H23ClN4O3S. The predicted molar refractivity (Wildman–Crippen MR) is 126 cm³/mol. The average Bonchev–Trinajstić information content (AvgIpc) is 3.36. The molecule has 2 aromatic carbocycles. The monoisotopic (exact) mass is 470 g/mol. The van der Waals surface area contributed by atoms with E-state index in [1.807, 2.05) is 31.2 Å². The molecule has 1 atom stereocenters. The molecule has 0 bridgehead atoms. The molecule has 7 nitrogen and oxygen atoms in total. The molecule has 2 heterocycles. The zero-order valence-electron chi connectivity index (χ0n) is 18.0. The summed E-state index contributed by atoms with van der Waals surface area (Å²) in [4.78, 5) is 27.1. The van der Waals surface area contributed by atoms with Crippen molar-refractivity contribution in [3.8, 4) is 5.75 Å². The van der Waals surface area contributed by atoms with Gasteiger partial charge in [0.05, 0.1) is 0 Å². The van der Waals surface area contributed by atoms with E-state index in [1.54, 1.807) is 43.0 Å². The number of hydrogen-bond donors (Lipinski definition) is 1. The third-order valence-corrected chi connectivity index (χ3v) is 6.44. The second-order valence-electron chi connectivity index (χ2n) is 8.21. The minimum absolute atomic E-state index is 0.0545. The van der Waals surface area contributed by atoms with E-state index < -0.39 is 5.60 Å². The lowest BCUT2D eigenvalue weighted by atomic mass is 10.1. The van der Waals surface area contributed by atoms with E-state index in [9.17, 15) is 9.59 Å². The van der Waals surface area contributed by atoms with Gasteiger partial charge >= 0.3 is 0 Å². The van der Waals surface area contributed by atoms with Crippen molar-refractivity contribution in [3.05, 3.63) is 64.1 Å². The number of nitrogens with zero attached hydrogens (tertiary/aromatic N) is 3. The molecule has 32 heavy (non-hydrogen) atoms. The van der Waals surface area contributed by atoms with Crippen molar-refractivity contribution in [3.63, 3.8) is 0 Å².